The third-order valence-corrected chi connectivity index (χ3v) is 5.27. The number of carbonyl (C=O) groups is 1. The van der Waals surface area contributed by atoms with Gasteiger partial charge in [0.25, 0.3) is 0 Å². The van der Waals surface area contributed by atoms with Gasteiger partial charge in [-0.25, -0.2) is 12.8 Å². The average molecular weight is 394 g/mol. The van der Waals surface area contributed by atoms with Crippen LogP contribution in [0.4, 0.5) is 10.1 Å². The van der Waals surface area contributed by atoms with Crippen LogP contribution in [0.5, 0.6) is 11.5 Å². The van der Waals surface area contributed by atoms with Crippen LogP contribution in [0.2, 0.25) is 0 Å². The Labute approximate surface area is 156 Å². The number of rotatable bonds is 7. The zero-order chi connectivity index (χ0) is 19.4. The molecule has 1 N–H and O–H groups in total. The number of halogens is 1. The Hall–Kier alpha value is -2.65. The molecule has 1 heterocycles. The van der Waals surface area contributed by atoms with Gasteiger partial charge in [-0.2, -0.15) is 4.31 Å². The second-order valence-electron chi connectivity index (χ2n) is 6.05. The molecule has 0 saturated heterocycles. The summed E-state index contributed by atoms with van der Waals surface area (Å²) in [6.07, 6.45) is 0.958. The lowest BCUT2D eigenvalue weighted by atomic mass is 10.2. The molecule has 0 bridgehead atoms. The van der Waals surface area contributed by atoms with Gasteiger partial charge in [0.2, 0.25) is 22.7 Å². The second-order valence-corrected chi connectivity index (χ2v) is 8.04. The van der Waals surface area contributed by atoms with Crippen LogP contribution in [-0.4, -0.2) is 38.2 Å². The highest BCUT2D eigenvalue weighted by Crippen LogP contribution is 2.34. The van der Waals surface area contributed by atoms with Gasteiger partial charge in [-0.3, -0.25) is 4.79 Å². The van der Waals surface area contributed by atoms with E-state index < -0.39 is 15.8 Å². The van der Waals surface area contributed by atoms with E-state index in [9.17, 15) is 17.6 Å². The van der Waals surface area contributed by atoms with Crippen molar-refractivity contribution in [2.24, 2.45) is 0 Å². The van der Waals surface area contributed by atoms with E-state index in [0.717, 1.165) is 10.6 Å². The van der Waals surface area contributed by atoms with Crippen LogP contribution >= 0.6 is 0 Å². The van der Waals surface area contributed by atoms with Crippen LogP contribution in [0.1, 0.15) is 12.0 Å². The van der Waals surface area contributed by atoms with E-state index in [1.165, 1.54) is 18.2 Å². The van der Waals surface area contributed by atoms with Crippen molar-refractivity contribution >= 4 is 21.6 Å². The molecule has 1 amide bonds. The molecular weight excluding hydrogens is 375 g/mol. The summed E-state index contributed by atoms with van der Waals surface area (Å²) < 4.78 is 49.3. The number of benzene rings is 2. The number of fused-ring (bicyclic) bond motifs is 1. The van der Waals surface area contributed by atoms with Gasteiger partial charge in [-0.05, 0) is 18.2 Å². The summed E-state index contributed by atoms with van der Waals surface area (Å²) in [6, 6.07) is 10.9. The van der Waals surface area contributed by atoms with Gasteiger partial charge in [0.05, 0.1) is 6.26 Å². The van der Waals surface area contributed by atoms with Crippen molar-refractivity contribution in [1.82, 2.24) is 4.31 Å². The lowest BCUT2D eigenvalue weighted by Crippen LogP contribution is -2.32. The lowest BCUT2D eigenvalue weighted by molar-refractivity contribution is -0.116. The minimum Gasteiger partial charge on any atom is -0.454 e. The van der Waals surface area contributed by atoms with Crippen molar-refractivity contribution in [3.05, 3.63) is 53.8 Å². The van der Waals surface area contributed by atoms with Crippen LogP contribution in [0.3, 0.4) is 0 Å². The molecule has 7 nitrogen and oxygen atoms in total. The van der Waals surface area contributed by atoms with Crippen molar-refractivity contribution in [2.75, 3.05) is 24.9 Å². The highest BCUT2D eigenvalue weighted by molar-refractivity contribution is 7.88. The molecule has 2 aromatic carbocycles. The summed E-state index contributed by atoms with van der Waals surface area (Å²) >= 11 is 0. The van der Waals surface area contributed by atoms with Gasteiger partial charge in [-0.1, -0.05) is 18.2 Å². The molecule has 0 aliphatic carbocycles. The molecule has 0 fully saturated rings. The zero-order valence-electron chi connectivity index (χ0n) is 14.6. The first-order valence-electron chi connectivity index (χ1n) is 8.21. The van der Waals surface area contributed by atoms with E-state index in [2.05, 4.69) is 5.32 Å². The van der Waals surface area contributed by atoms with Crippen LogP contribution in [0, 0.1) is 5.82 Å². The standard InChI is InChI=1S/C18H19FN2O5S/c1-27(23,24)21(11-13-4-2-3-5-15(13)19)9-8-18(22)20-14-6-7-16-17(10-14)26-12-25-16/h2-7,10H,8-9,11-12H2,1H3,(H,20,22). The summed E-state index contributed by atoms with van der Waals surface area (Å²) in [7, 11) is -3.61. The molecule has 2 aromatic rings. The fourth-order valence-corrected chi connectivity index (χ4v) is 3.40. The topological polar surface area (TPSA) is 84.9 Å². The molecule has 0 aromatic heterocycles. The zero-order valence-corrected chi connectivity index (χ0v) is 15.5. The molecule has 1 aliphatic rings. The number of anilines is 1. The Morgan fingerprint density at radius 1 is 1.19 bits per heavy atom. The summed E-state index contributed by atoms with van der Waals surface area (Å²) in [5.41, 5.74) is 0.767. The van der Waals surface area contributed by atoms with E-state index in [4.69, 9.17) is 9.47 Å². The number of hydrogen-bond acceptors (Lipinski definition) is 5. The van der Waals surface area contributed by atoms with E-state index in [-0.39, 0.29) is 37.8 Å². The quantitative estimate of drug-likeness (QED) is 0.779. The van der Waals surface area contributed by atoms with E-state index in [0.29, 0.717) is 17.2 Å². The van der Waals surface area contributed by atoms with E-state index in [1.807, 2.05) is 0 Å². The van der Waals surface area contributed by atoms with Crippen molar-refractivity contribution < 1.29 is 27.1 Å². The molecule has 144 valence electrons. The smallest absolute Gasteiger partial charge is 0.231 e. The number of hydrogen-bond donors (Lipinski definition) is 1. The minimum atomic E-state index is -3.61. The van der Waals surface area contributed by atoms with Gasteiger partial charge in [0, 0.05) is 36.8 Å². The summed E-state index contributed by atoms with van der Waals surface area (Å²) in [6.45, 7) is -0.0710. The van der Waals surface area contributed by atoms with Gasteiger partial charge in [0.15, 0.2) is 11.5 Å². The highest BCUT2D eigenvalue weighted by Gasteiger charge is 2.20. The van der Waals surface area contributed by atoms with Gasteiger partial charge in [0.1, 0.15) is 5.82 Å². The second kappa shape index (κ2) is 7.93. The molecule has 0 atom stereocenters. The van der Waals surface area contributed by atoms with Crippen LogP contribution in [0.15, 0.2) is 42.5 Å². The van der Waals surface area contributed by atoms with Crippen LogP contribution in [-0.2, 0) is 21.4 Å². The van der Waals surface area contributed by atoms with Gasteiger partial charge >= 0.3 is 0 Å². The molecular formula is C18H19FN2O5S. The predicted octanol–water partition coefficient (Wildman–Crippen LogP) is 2.34. The summed E-state index contributed by atoms with van der Waals surface area (Å²) in [4.78, 5) is 12.2. The first kappa shape index (κ1) is 19.1. The summed E-state index contributed by atoms with van der Waals surface area (Å²) in [5.74, 6) is 0.276. The lowest BCUT2D eigenvalue weighted by Gasteiger charge is -2.20. The Morgan fingerprint density at radius 3 is 2.67 bits per heavy atom. The molecule has 0 spiro atoms. The Balaban J connectivity index is 1.61. The minimum absolute atomic E-state index is 0.0659. The van der Waals surface area contributed by atoms with Gasteiger partial charge < -0.3 is 14.8 Å². The normalized spacial score (nSPS) is 13.0. The van der Waals surface area contributed by atoms with Gasteiger partial charge in [-0.15, -0.1) is 0 Å². The maximum absolute atomic E-state index is 13.8. The maximum atomic E-state index is 13.8. The number of amides is 1. The van der Waals surface area contributed by atoms with Crippen molar-refractivity contribution in [3.8, 4) is 11.5 Å². The number of sulfonamides is 1. The average Bonchev–Trinajstić information content (AvgIpc) is 3.06. The van der Waals surface area contributed by atoms with Crippen LogP contribution in [0.25, 0.3) is 0 Å². The SMILES string of the molecule is CS(=O)(=O)N(CCC(=O)Nc1ccc2c(c1)OCO2)Cc1ccccc1F. The fourth-order valence-electron chi connectivity index (χ4n) is 2.60. The number of carbonyl (C=O) groups excluding carboxylic acids is 1. The number of nitrogens with zero attached hydrogens (tertiary/aromatic N) is 1. The van der Waals surface area contributed by atoms with E-state index >= 15 is 0 Å². The molecule has 27 heavy (non-hydrogen) atoms. The molecule has 1 aliphatic heterocycles. The molecule has 3 rings (SSSR count). The first-order chi connectivity index (χ1) is 12.8. The molecule has 0 saturated carbocycles. The predicted molar refractivity (Wildman–Crippen MR) is 97.5 cm³/mol. The van der Waals surface area contributed by atoms with Crippen molar-refractivity contribution in [2.45, 2.75) is 13.0 Å². The molecule has 0 radical (unpaired) electrons. The third-order valence-electron chi connectivity index (χ3n) is 4.02. The number of nitrogens with one attached hydrogen (secondary N) is 1. The van der Waals surface area contributed by atoms with E-state index in [1.54, 1.807) is 24.3 Å². The summed E-state index contributed by atoms with van der Waals surface area (Å²) in [5, 5.41) is 2.68. The van der Waals surface area contributed by atoms with Crippen molar-refractivity contribution in [3.63, 3.8) is 0 Å². The Kier molecular flexibility index (Phi) is 5.62. The Bertz CT molecular complexity index is 949. The molecule has 0 unspecified atom stereocenters. The Morgan fingerprint density at radius 2 is 1.93 bits per heavy atom. The number of ether oxygens (including phenoxy) is 2. The monoisotopic (exact) mass is 394 g/mol. The first-order valence-corrected chi connectivity index (χ1v) is 10.1. The third kappa shape index (κ3) is 4.95. The van der Waals surface area contributed by atoms with Crippen LogP contribution < -0.4 is 14.8 Å². The highest BCUT2D eigenvalue weighted by atomic mass is 32.2. The largest absolute Gasteiger partial charge is 0.454 e. The molecule has 9 heteroatoms. The maximum Gasteiger partial charge on any atom is 0.231 e. The van der Waals surface area contributed by atoms with Crippen molar-refractivity contribution in [1.29, 1.82) is 0 Å². The fraction of sp³-hybridized carbons (Fsp3) is 0.278.